The summed E-state index contributed by atoms with van der Waals surface area (Å²) >= 11 is 0. The average Bonchev–Trinajstić information content (AvgIpc) is 3.21. The van der Waals surface area contributed by atoms with Crippen LogP contribution in [0, 0.1) is 12.7 Å². The van der Waals surface area contributed by atoms with E-state index in [0.29, 0.717) is 29.5 Å². The summed E-state index contributed by atoms with van der Waals surface area (Å²) in [6, 6.07) is 9.95. The normalized spacial score (nSPS) is 11.2. The van der Waals surface area contributed by atoms with Gasteiger partial charge >= 0.3 is 0 Å². The van der Waals surface area contributed by atoms with Crippen molar-refractivity contribution in [2.75, 3.05) is 7.11 Å². The van der Waals surface area contributed by atoms with Crippen LogP contribution in [0.25, 0.3) is 22.5 Å². The predicted octanol–water partition coefficient (Wildman–Crippen LogP) is 3.66. The zero-order valence-electron chi connectivity index (χ0n) is 13.7. The number of hydrogen-bond acceptors (Lipinski definition) is 5. The van der Waals surface area contributed by atoms with Crippen LogP contribution in [0.2, 0.25) is 0 Å². The summed E-state index contributed by atoms with van der Waals surface area (Å²) in [5, 5.41) is 8.19. The first kappa shape index (κ1) is 15.3. The highest BCUT2D eigenvalue weighted by atomic mass is 19.1. The molecule has 1 N–H and O–H groups in total. The van der Waals surface area contributed by atoms with E-state index >= 15 is 0 Å². The molecule has 0 amide bonds. The maximum Gasteiger partial charge on any atom is 0.251 e. The number of ether oxygens (including phenoxy) is 1. The molecule has 0 bridgehead atoms. The molecule has 6 nitrogen and oxygen atoms in total. The Labute approximate surface area is 142 Å². The molecule has 4 aromatic rings. The van der Waals surface area contributed by atoms with Gasteiger partial charge in [0.1, 0.15) is 17.2 Å². The number of nitrogens with zero attached hydrogens (tertiary/aromatic N) is 3. The van der Waals surface area contributed by atoms with Crippen molar-refractivity contribution in [1.29, 1.82) is 0 Å². The molecule has 0 aliphatic rings. The second-order valence-electron chi connectivity index (χ2n) is 5.67. The van der Waals surface area contributed by atoms with E-state index in [1.54, 1.807) is 19.2 Å². The number of imidazole rings is 1. The number of hydrogen-bond donors (Lipinski definition) is 1. The van der Waals surface area contributed by atoms with Crippen LogP contribution in [-0.2, 0) is 6.42 Å². The lowest BCUT2D eigenvalue weighted by atomic mass is 10.1. The van der Waals surface area contributed by atoms with Gasteiger partial charge in [-0.2, -0.15) is 0 Å². The second kappa shape index (κ2) is 6.01. The molecule has 2 heterocycles. The largest absolute Gasteiger partial charge is 0.494 e. The van der Waals surface area contributed by atoms with E-state index in [1.165, 1.54) is 12.1 Å². The van der Waals surface area contributed by atoms with Gasteiger partial charge in [0.15, 0.2) is 5.75 Å². The van der Waals surface area contributed by atoms with E-state index in [0.717, 1.165) is 22.4 Å². The molecule has 0 unspecified atom stereocenters. The molecule has 4 rings (SSSR count). The van der Waals surface area contributed by atoms with E-state index in [4.69, 9.17) is 9.15 Å². The second-order valence-corrected chi connectivity index (χ2v) is 5.67. The van der Waals surface area contributed by atoms with Gasteiger partial charge in [-0.25, -0.2) is 9.37 Å². The SMILES string of the molecule is COc1c(-c2nnc(Cc3ccc(F)cc3)o2)ccc2[nH]c(C)nc12. The third-order valence-electron chi connectivity index (χ3n) is 3.90. The van der Waals surface area contributed by atoms with Gasteiger partial charge < -0.3 is 14.1 Å². The standard InChI is InChI=1S/C18H15FN4O2/c1-10-20-14-8-7-13(17(24-2)16(14)21-10)18-23-22-15(25-18)9-11-3-5-12(19)6-4-11/h3-8H,9H2,1-2H3,(H,20,21). The van der Waals surface area contributed by atoms with Gasteiger partial charge in [-0.3, -0.25) is 0 Å². The monoisotopic (exact) mass is 338 g/mol. The number of aromatic amines is 1. The minimum Gasteiger partial charge on any atom is -0.494 e. The van der Waals surface area contributed by atoms with Crippen molar-refractivity contribution in [3.8, 4) is 17.2 Å². The van der Waals surface area contributed by atoms with Crippen LogP contribution in [0.1, 0.15) is 17.3 Å². The highest BCUT2D eigenvalue weighted by Gasteiger charge is 2.18. The van der Waals surface area contributed by atoms with Gasteiger partial charge in [0, 0.05) is 0 Å². The Morgan fingerprint density at radius 1 is 1.12 bits per heavy atom. The molecule has 0 aliphatic carbocycles. The molecule has 126 valence electrons. The van der Waals surface area contributed by atoms with E-state index in [2.05, 4.69) is 20.2 Å². The number of aryl methyl sites for hydroxylation is 1. The van der Waals surface area contributed by atoms with Crippen molar-refractivity contribution in [3.63, 3.8) is 0 Å². The number of halogens is 1. The van der Waals surface area contributed by atoms with E-state index in [1.807, 2.05) is 19.1 Å². The van der Waals surface area contributed by atoms with Crippen LogP contribution in [0.3, 0.4) is 0 Å². The third-order valence-corrected chi connectivity index (χ3v) is 3.90. The minimum absolute atomic E-state index is 0.276. The summed E-state index contributed by atoms with van der Waals surface area (Å²) in [5.41, 5.74) is 3.17. The molecular formula is C18H15FN4O2. The first-order valence-corrected chi connectivity index (χ1v) is 7.74. The van der Waals surface area contributed by atoms with Crippen molar-refractivity contribution in [2.45, 2.75) is 13.3 Å². The van der Waals surface area contributed by atoms with E-state index in [-0.39, 0.29) is 5.82 Å². The third kappa shape index (κ3) is 2.84. The summed E-state index contributed by atoms with van der Waals surface area (Å²) in [5.74, 6) is 1.91. The van der Waals surface area contributed by atoms with Gasteiger partial charge in [0.25, 0.3) is 5.89 Å². The lowest BCUT2D eigenvalue weighted by molar-refractivity contribution is 0.417. The fraction of sp³-hybridized carbons (Fsp3) is 0.167. The maximum atomic E-state index is 13.0. The van der Waals surface area contributed by atoms with Crippen LogP contribution in [-0.4, -0.2) is 27.3 Å². The number of aromatic nitrogens is 4. The van der Waals surface area contributed by atoms with Gasteiger partial charge in [0.05, 0.1) is 24.6 Å². The van der Waals surface area contributed by atoms with E-state index in [9.17, 15) is 4.39 Å². The van der Waals surface area contributed by atoms with Gasteiger partial charge in [-0.05, 0) is 36.8 Å². The summed E-state index contributed by atoms with van der Waals surface area (Å²) in [6.45, 7) is 1.88. The Hall–Kier alpha value is -3.22. The van der Waals surface area contributed by atoms with Crippen molar-refractivity contribution in [1.82, 2.24) is 20.2 Å². The minimum atomic E-state index is -0.276. The molecule has 0 saturated carbocycles. The Bertz CT molecular complexity index is 1040. The molecule has 0 aliphatic heterocycles. The first-order chi connectivity index (χ1) is 12.1. The Morgan fingerprint density at radius 3 is 2.68 bits per heavy atom. The van der Waals surface area contributed by atoms with Crippen LogP contribution >= 0.6 is 0 Å². The van der Waals surface area contributed by atoms with Gasteiger partial charge in [-0.15, -0.1) is 10.2 Å². The fourth-order valence-corrected chi connectivity index (χ4v) is 2.76. The van der Waals surface area contributed by atoms with Gasteiger partial charge in [0.2, 0.25) is 5.89 Å². The lowest BCUT2D eigenvalue weighted by Gasteiger charge is -2.05. The zero-order valence-corrected chi connectivity index (χ0v) is 13.7. The molecular weight excluding hydrogens is 323 g/mol. The number of rotatable bonds is 4. The Morgan fingerprint density at radius 2 is 1.92 bits per heavy atom. The van der Waals surface area contributed by atoms with Crippen LogP contribution in [0.5, 0.6) is 5.75 Å². The summed E-state index contributed by atoms with van der Waals surface area (Å²) in [7, 11) is 1.58. The highest BCUT2D eigenvalue weighted by molar-refractivity contribution is 5.89. The van der Waals surface area contributed by atoms with Crippen LogP contribution in [0.4, 0.5) is 4.39 Å². The number of fused-ring (bicyclic) bond motifs is 1. The molecule has 2 aromatic heterocycles. The molecule has 7 heteroatoms. The molecule has 0 saturated heterocycles. The number of nitrogens with one attached hydrogen (secondary N) is 1. The van der Waals surface area contributed by atoms with Crippen molar-refractivity contribution < 1.29 is 13.5 Å². The quantitative estimate of drug-likeness (QED) is 0.614. The number of H-pyrrole nitrogens is 1. The summed E-state index contributed by atoms with van der Waals surface area (Å²) in [4.78, 5) is 7.61. The zero-order chi connectivity index (χ0) is 17.4. The van der Waals surface area contributed by atoms with Crippen molar-refractivity contribution in [3.05, 3.63) is 59.5 Å². The lowest BCUT2D eigenvalue weighted by Crippen LogP contribution is -1.90. The molecule has 0 radical (unpaired) electrons. The smallest absolute Gasteiger partial charge is 0.251 e. The van der Waals surface area contributed by atoms with Crippen molar-refractivity contribution in [2.24, 2.45) is 0 Å². The fourth-order valence-electron chi connectivity index (χ4n) is 2.76. The molecule has 25 heavy (non-hydrogen) atoms. The molecule has 0 atom stereocenters. The first-order valence-electron chi connectivity index (χ1n) is 7.74. The summed E-state index contributed by atoms with van der Waals surface area (Å²) < 4.78 is 24.3. The number of methoxy groups -OCH3 is 1. The van der Waals surface area contributed by atoms with E-state index < -0.39 is 0 Å². The van der Waals surface area contributed by atoms with Gasteiger partial charge in [-0.1, -0.05) is 12.1 Å². The highest BCUT2D eigenvalue weighted by Crippen LogP contribution is 2.35. The molecule has 2 aromatic carbocycles. The maximum absolute atomic E-state index is 13.0. The topological polar surface area (TPSA) is 76.8 Å². The van der Waals surface area contributed by atoms with Crippen LogP contribution < -0.4 is 4.74 Å². The molecule has 0 spiro atoms. The Balaban J connectivity index is 1.69. The number of benzene rings is 2. The Kier molecular flexibility index (Phi) is 3.68. The van der Waals surface area contributed by atoms with Crippen molar-refractivity contribution >= 4 is 11.0 Å². The average molecular weight is 338 g/mol. The molecule has 0 fully saturated rings. The van der Waals surface area contributed by atoms with Crippen LogP contribution in [0.15, 0.2) is 40.8 Å². The predicted molar refractivity (Wildman–Crippen MR) is 89.9 cm³/mol. The summed E-state index contributed by atoms with van der Waals surface area (Å²) in [6.07, 6.45) is 0.430.